The number of hydrogen-bond donors (Lipinski definition) is 1. The van der Waals surface area contributed by atoms with Crippen LogP contribution in [0.25, 0.3) is 0 Å². The number of carbonyl (C=O) groups excluding carboxylic acids is 1. The molecule has 1 N–H and O–H groups in total. The predicted octanol–water partition coefficient (Wildman–Crippen LogP) is 2.47. The van der Waals surface area contributed by atoms with Crippen LogP contribution in [0.15, 0.2) is 24.3 Å². The van der Waals surface area contributed by atoms with Gasteiger partial charge in [-0.25, -0.2) is 0 Å². The van der Waals surface area contributed by atoms with Crippen molar-refractivity contribution in [1.82, 2.24) is 0 Å². The summed E-state index contributed by atoms with van der Waals surface area (Å²) in [6.45, 7) is 7.05. The number of piperidine rings is 1. The number of benzene rings is 1. The van der Waals surface area contributed by atoms with Gasteiger partial charge in [0.15, 0.2) is 0 Å². The first-order valence-corrected chi connectivity index (χ1v) is 6.47. The molecule has 3 heteroatoms. The van der Waals surface area contributed by atoms with Crippen molar-refractivity contribution in [3.8, 4) is 0 Å². The zero-order valence-electron chi connectivity index (χ0n) is 11.3. The molecule has 3 nitrogen and oxygen atoms in total. The zero-order chi connectivity index (χ0) is 13.3. The second-order valence-electron chi connectivity index (χ2n) is 5.96. The molecule has 2 rings (SSSR count). The molecule has 1 aliphatic rings. The second kappa shape index (κ2) is 4.73. The third-order valence-corrected chi connectivity index (χ3v) is 3.40. The van der Waals surface area contributed by atoms with Crippen LogP contribution in [0.1, 0.15) is 39.2 Å². The van der Waals surface area contributed by atoms with Crippen LogP contribution >= 0.6 is 0 Å². The molecule has 1 unspecified atom stereocenters. The van der Waals surface area contributed by atoms with Crippen molar-refractivity contribution in [3.05, 3.63) is 29.8 Å². The predicted molar refractivity (Wildman–Crippen MR) is 72.7 cm³/mol. The van der Waals surface area contributed by atoms with Crippen LogP contribution in [0.2, 0.25) is 0 Å². The van der Waals surface area contributed by atoms with Crippen molar-refractivity contribution < 1.29 is 9.90 Å². The Bertz CT molecular complexity index is 448. The van der Waals surface area contributed by atoms with Gasteiger partial charge in [0, 0.05) is 12.2 Å². The fourth-order valence-electron chi connectivity index (χ4n) is 2.41. The Morgan fingerprint density at radius 3 is 2.56 bits per heavy atom. The number of rotatable bonds is 1. The van der Waals surface area contributed by atoms with Gasteiger partial charge in [-0.15, -0.1) is 0 Å². The van der Waals surface area contributed by atoms with Crippen molar-refractivity contribution in [2.45, 2.75) is 45.1 Å². The number of aliphatic hydroxyl groups is 1. The molecule has 98 valence electrons. The van der Waals surface area contributed by atoms with Crippen LogP contribution in [0.3, 0.4) is 0 Å². The Kier molecular flexibility index (Phi) is 3.44. The van der Waals surface area contributed by atoms with E-state index >= 15 is 0 Å². The summed E-state index contributed by atoms with van der Waals surface area (Å²) < 4.78 is 0. The highest BCUT2D eigenvalue weighted by molar-refractivity contribution is 5.95. The summed E-state index contributed by atoms with van der Waals surface area (Å²) in [5.74, 6) is 0.0189. The van der Waals surface area contributed by atoms with E-state index < -0.39 is 6.10 Å². The monoisotopic (exact) mass is 247 g/mol. The first kappa shape index (κ1) is 13.1. The molecule has 1 aliphatic heterocycles. The van der Waals surface area contributed by atoms with Crippen molar-refractivity contribution in [2.75, 3.05) is 11.4 Å². The molecule has 1 aromatic carbocycles. The van der Waals surface area contributed by atoms with Crippen LogP contribution in [-0.2, 0) is 10.2 Å². The number of amides is 1. The number of carbonyl (C=O) groups is 1. The highest BCUT2D eigenvalue weighted by Gasteiger charge is 2.29. The second-order valence-corrected chi connectivity index (χ2v) is 5.96. The van der Waals surface area contributed by atoms with E-state index in [1.807, 2.05) is 23.1 Å². The van der Waals surface area contributed by atoms with Gasteiger partial charge in [0.1, 0.15) is 0 Å². The summed E-state index contributed by atoms with van der Waals surface area (Å²) >= 11 is 0. The van der Waals surface area contributed by atoms with Crippen molar-refractivity contribution in [2.24, 2.45) is 0 Å². The highest BCUT2D eigenvalue weighted by Crippen LogP contribution is 2.33. The Hall–Kier alpha value is -1.35. The van der Waals surface area contributed by atoms with E-state index in [1.54, 1.807) is 0 Å². The summed E-state index contributed by atoms with van der Waals surface area (Å²) in [5.41, 5.74) is 2.17. The van der Waals surface area contributed by atoms with Gasteiger partial charge in [0.05, 0.1) is 12.5 Å². The Morgan fingerprint density at radius 1 is 1.28 bits per heavy atom. The van der Waals surface area contributed by atoms with Gasteiger partial charge < -0.3 is 10.0 Å². The topological polar surface area (TPSA) is 40.5 Å². The minimum absolute atomic E-state index is 0.00688. The lowest BCUT2D eigenvalue weighted by Gasteiger charge is -2.33. The molecule has 0 spiro atoms. The Labute approximate surface area is 108 Å². The number of nitrogens with zero attached hydrogens (tertiary/aromatic N) is 1. The summed E-state index contributed by atoms with van der Waals surface area (Å²) in [4.78, 5) is 13.9. The van der Waals surface area contributed by atoms with E-state index in [0.717, 1.165) is 5.69 Å². The number of hydrogen-bond acceptors (Lipinski definition) is 2. The molecule has 0 radical (unpaired) electrons. The summed E-state index contributed by atoms with van der Waals surface area (Å²) in [6, 6.07) is 8.04. The largest absolute Gasteiger partial charge is 0.393 e. The third-order valence-electron chi connectivity index (χ3n) is 3.40. The van der Waals surface area contributed by atoms with E-state index in [9.17, 15) is 9.90 Å². The number of anilines is 1. The first-order chi connectivity index (χ1) is 8.39. The third kappa shape index (κ3) is 2.56. The molecule has 0 aromatic heterocycles. The van der Waals surface area contributed by atoms with Crippen LogP contribution in [0.5, 0.6) is 0 Å². The van der Waals surface area contributed by atoms with E-state index in [0.29, 0.717) is 13.0 Å². The smallest absolute Gasteiger partial charge is 0.229 e. The SMILES string of the molecule is CC(C)(C)c1ccccc1N1CCC(O)CC1=O. The average Bonchev–Trinajstić information content (AvgIpc) is 2.28. The van der Waals surface area contributed by atoms with Crippen molar-refractivity contribution >= 4 is 11.6 Å². The maximum absolute atomic E-state index is 12.1. The molecule has 0 bridgehead atoms. The van der Waals surface area contributed by atoms with Crippen LogP contribution in [-0.4, -0.2) is 23.7 Å². The van der Waals surface area contributed by atoms with Gasteiger partial charge in [-0.05, 0) is 23.5 Å². The van der Waals surface area contributed by atoms with E-state index in [-0.39, 0.29) is 17.7 Å². The highest BCUT2D eigenvalue weighted by atomic mass is 16.3. The summed E-state index contributed by atoms with van der Waals surface area (Å²) in [5, 5.41) is 9.53. The van der Waals surface area contributed by atoms with Crippen LogP contribution in [0.4, 0.5) is 5.69 Å². The van der Waals surface area contributed by atoms with Gasteiger partial charge in [-0.1, -0.05) is 39.0 Å². The van der Waals surface area contributed by atoms with Crippen LogP contribution in [0, 0.1) is 0 Å². The Morgan fingerprint density at radius 2 is 1.94 bits per heavy atom. The number of aliphatic hydroxyl groups excluding tert-OH is 1. The fourth-order valence-corrected chi connectivity index (χ4v) is 2.41. The maximum atomic E-state index is 12.1. The minimum Gasteiger partial charge on any atom is -0.393 e. The van der Waals surface area contributed by atoms with Gasteiger partial charge in [0.2, 0.25) is 5.91 Å². The molecule has 1 fully saturated rings. The standard InChI is InChI=1S/C15H21NO2/c1-15(2,3)12-6-4-5-7-13(12)16-9-8-11(17)10-14(16)18/h4-7,11,17H,8-10H2,1-3H3. The first-order valence-electron chi connectivity index (χ1n) is 6.47. The molecular formula is C15H21NO2. The molecule has 1 saturated heterocycles. The minimum atomic E-state index is -0.476. The quantitative estimate of drug-likeness (QED) is 0.828. The molecule has 0 aliphatic carbocycles. The van der Waals surface area contributed by atoms with Gasteiger partial charge in [0.25, 0.3) is 0 Å². The molecule has 1 aromatic rings. The molecule has 1 amide bonds. The molecule has 18 heavy (non-hydrogen) atoms. The van der Waals surface area contributed by atoms with E-state index in [4.69, 9.17) is 0 Å². The van der Waals surface area contributed by atoms with Gasteiger partial charge in [-0.2, -0.15) is 0 Å². The van der Waals surface area contributed by atoms with E-state index in [1.165, 1.54) is 5.56 Å². The van der Waals surface area contributed by atoms with Gasteiger partial charge >= 0.3 is 0 Å². The lowest BCUT2D eigenvalue weighted by molar-refractivity contribution is -0.122. The summed E-state index contributed by atoms with van der Waals surface area (Å²) in [7, 11) is 0. The lowest BCUT2D eigenvalue weighted by Crippen LogP contribution is -2.41. The summed E-state index contributed by atoms with van der Waals surface area (Å²) in [6.07, 6.45) is 0.415. The molecule has 1 heterocycles. The van der Waals surface area contributed by atoms with Crippen LogP contribution < -0.4 is 4.90 Å². The Balaban J connectivity index is 2.37. The molecule has 1 atom stereocenters. The molecule has 0 saturated carbocycles. The van der Waals surface area contributed by atoms with Gasteiger partial charge in [-0.3, -0.25) is 4.79 Å². The average molecular weight is 247 g/mol. The fraction of sp³-hybridized carbons (Fsp3) is 0.533. The lowest BCUT2D eigenvalue weighted by atomic mass is 9.85. The molecular weight excluding hydrogens is 226 g/mol. The van der Waals surface area contributed by atoms with Crippen molar-refractivity contribution in [3.63, 3.8) is 0 Å². The maximum Gasteiger partial charge on any atom is 0.229 e. The van der Waals surface area contributed by atoms with E-state index in [2.05, 4.69) is 26.8 Å². The van der Waals surface area contributed by atoms with Crippen molar-refractivity contribution in [1.29, 1.82) is 0 Å². The normalized spacial score (nSPS) is 21.2. The number of para-hydroxylation sites is 1. The zero-order valence-corrected chi connectivity index (χ0v) is 11.3.